The first kappa shape index (κ1) is 21.7. The van der Waals surface area contributed by atoms with Crippen molar-refractivity contribution < 1.29 is 18.7 Å². The molecular formula is C20H24FN3O5Si. The lowest BCUT2D eigenvalue weighted by Gasteiger charge is -2.15. The van der Waals surface area contributed by atoms with E-state index < -0.39 is 31.0 Å². The van der Waals surface area contributed by atoms with E-state index in [0.717, 1.165) is 23.8 Å². The van der Waals surface area contributed by atoms with E-state index in [2.05, 4.69) is 29.4 Å². The second-order valence-electron chi connectivity index (χ2n) is 8.09. The minimum absolute atomic E-state index is 0.0461. The van der Waals surface area contributed by atoms with Gasteiger partial charge in [-0.15, -0.1) is 0 Å². The molecule has 0 saturated heterocycles. The molecule has 0 saturated carbocycles. The summed E-state index contributed by atoms with van der Waals surface area (Å²) in [6.07, 6.45) is 1.44. The number of esters is 1. The van der Waals surface area contributed by atoms with Crippen LogP contribution in [0, 0.1) is 5.82 Å². The Morgan fingerprint density at radius 1 is 1.20 bits per heavy atom. The summed E-state index contributed by atoms with van der Waals surface area (Å²) in [6, 6.07) is 5.84. The molecule has 2 heterocycles. The second-order valence-corrected chi connectivity index (χ2v) is 13.7. The highest BCUT2D eigenvalue weighted by molar-refractivity contribution is 6.76. The molecule has 3 aromatic rings. The third kappa shape index (κ3) is 4.29. The summed E-state index contributed by atoms with van der Waals surface area (Å²) in [6.45, 7) is 7.11. The first-order chi connectivity index (χ1) is 14.1. The molecule has 0 unspecified atom stereocenters. The third-order valence-electron chi connectivity index (χ3n) is 4.66. The van der Waals surface area contributed by atoms with E-state index in [0.29, 0.717) is 6.61 Å². The Hall–Kier alpha value is -2.98. The fourth-order valence-electron chi connectivity index (χ4n) is 3.01. The van der Waals surface area contributed by atoms with E-state index in [9.17, 15) is 18.8 Å². The van der Waals surface area contributed by atoms with Crippen LogP contribution >= 0.6 is 0 Å². The van der Waals surface area contributed by atoms with Crippen molar-refractivity contribution in [3.8, 4) is 5.69 Å². The quantitative estimate of drug-likeness (QED) is 0.351. The van der Waals surface area contributed by atoms with E-state index in [1.807, 2.05) is 0 Å². The molecule has 0 aliphatic rings. The summed E-state index contributed by atoms with van der Waals surface area (Å²) in [5.41, 5.74) is -0.754. The van der Waals surface area contributed by atoms with E-state index in [1.165, 1.54) is 29.0 Å². The maximum atomic E-state index is 14.4. The van der Waals surface area contributed by atoms with Gasteiger partial charge in [-0.05, 0) is 24.2 Å². The number of hydrogen-bond acceptors (Lipinski definition) is 5. The van der Waals surface area contributed by atoms with Crippen LogP contribution in [0.4, 0.5) is 4.39 Å². The van der Waals surface area contributed by atoms with Crippen molar-refractivity contribution in [2.24, 2.45) is 0 Å². The third-order valence-corrected chi connectivity index (χ3v) is 6.37. The van der Waals surface area contributed by atoms with Crippen LogP contribution in [-0.2, 0) is 16.2 Å². The summed E-state index contributed by atoms with van der Waals surface area (Å²) in [7, 11) is -0.150. The molecule has 0 amide bonds. The van der Waals surface area contributed by atoms with Crippen molar-refractivity contribution in [2.45, 2.75) is 32.4 Å². The van der Waals surface area contributed by atoms with E-state index in [4.69, 9.17) is 4.74 Å². The van der Waals surface area contributed by atoms with Gasteiger partial charge in [0.1, 0.15) is 23.7 Å². The van der Waals surface area contributed by atoms with Gasteiger partial charge in [0.15, 0.2) is 0 Å². The van der Waals surface area contributed by atoms with Gasteiger partial charge >= 0.3 is 11.7 Å². The zero-order chi connectivity index (χ0) is 22.1. The number of carbonyl (C=O) groups is 1. The first-order valence-electron chi connectivity index (χ1n) is 9.43. The molecule has 0 aliphatic carbocycles. The van der Waals surface area contributed by atoms with Gasteiger partial charge in [-0.2, -0.15) is 0 Å². The summed E-state index contributed by atoms with van der Waals surface area (Å²) in [5.74, 6) is -1.69. The largest absolute Gasteiger partial charge is 0.465 e. The van der Waals surface area contributed by atoms with Crippen LogP contribution in [0.5, 0.6) is 0 Å². The molecule has 0 bridgehead atoms. The molecule has 0 atom stereocenters. The number of benzene rings is 1. The molecule has 0 aliphatic heterocycles. The lowest BCUT2D eigenvalue weighted by Crippen LogP contribution is -2.26. The highest BCUT2D eigenvalue weighted by atomic mass is 28.3. The fourth-order valence-corrected chi connectivity index (χ4v) is 3.76. The number of halogens is 1. The Kier molecular flexibility index (Phi) is 6.08. The van der Waals surface area contributed by atoms with E-state index >= 15 is 0 Å². The number of aromatic amines is 1. The molecule has 0 fully saturated rings. The Bertz CT molecular complexity index is 1210. The molecule has 10 heteroatoms. The minimum Gasteiger partial charge on any atom is -0.465 e. The average Bonchev–Trinajstić information content (AvgIpc) is 2.96. The number of nitrogens with one attached hydrogen (secondary N) is 1. The number of imidazole rings is 1. The van der Waals surface area contributed by atoms with Gasteiger partial charge in [0.2, 0.25) is 5.43 Å². The lowest BCUT2D eigenvalue weighted by molar-refractivity contribution is 0.0595. The number of hydrogen-bond donors (Lipinski definition) is 1. The summed E-state index contributed by atoms with van der Waals surface area (Å²) >= 11 is 0. The molecule has 1 aromatic carbocycles. The minimum atomic E-state index is -1.30. The number of rotatable bonds is 7. The predicted molar refractivity (Wildman–Crippen MR) is 114 cm³/mol. The fraction of sp³-hybridized carbons (Fsp3) is 0.350. The van der Waals surface area contributed by atoms with E-state index in [1.54, 1.807) is 0 Å². The number of carbonyl (C=O) groups excluding carboxylic acids is 1. The zero-order valence-electron chi connectivity index (χ0n) is 17.3. The van der Waals surface area contributed by atoms with Crippen molar-refractivity contribution in [1.29, 1.82) is 0 Å². The van der Waals surface area contributed by atoms with Crippen molar-refractivity contribution in [2.75, 3.05) is 13.7 Å². The van der Waals surface area contributed by atoms with Gasteiger partial charge in [-0.25, -0.2) is 14.0 Å². The molecular weight excluding hydrogens is 409 g/mol. The van der Waals surface area contributed by atoms with Crippen LogP contribution in [0.15, 0.2) is 40.1 Å². The van der Waals surface area contributed by atoms with Crippen LogP contribution in [0.1, 0.15) is 10.4 Å². The Morgan fingerprint density at radius 3 is 2.57 bits per heavy atom. The molecule has 160 valence electrons. The number of fused-ring (bicyclic) bond motifs is 1. The van der Waals surface area contributed by atoms with Crippen LogP contribution in [0.3, 0.4) is 0 Å². The lowest BCUT2D eigenvalue weighted by atomic mass is 10.2. The topological polar surface area (TPSA) is 95.3 Å². The van der Waals surface area contributed by atoms with Crippen LogP contribution in [0.25, 0.3) is 16.9 Å². The zero-order valence-corrected chi connectivity index (χ0v) is 18.3. The van der Waals surface area contributed by atoms with Crippen molar-refractivity contribution in [1.82, 2.24) is 14.1 Å². The maximum Gasteiger partial charge on any atom is 0.340 e. The number of aromatic nitrogens is 3. The number of pyridine rings is 1. The van der Waals surface area contributed by atoms with Crippen LogP contribution < -0.4 is 11.1 Å². The van der Waals surface area contributed by atoms with Gasteiger partial charge in [0.05, 0.1) is 18.4 Å². The van der Waals surface area contributed by atoms with Gasteiger partial charge in [-0.1, -0.05) is 19.6 Å². The molecule has 8 nitrogen and oxygen atoms in total. The summed E-state index contributed by atoms with van der Waals surface area (Å²) in [5, 5.41) is 0. The SMILES string of the molecule is COC(=O)c1ccc(-n2c(=O)n(COCC[Si](C)(C)C)c3[nH]ccc(=O)c32)cc1F. The Morgan fingerprint density at radius 2 is 1.93 bits per heavy atom. The highest BCUT2D eigenvalue weighted by Gasteiger charge is 2.20. The Balaban J connectivity index is 2.07. The van der Waals surface area contributed by atoms with Gasteiger partial charge in [0, 0.05) is 26.9 Å². The summed E-state index contributed by atoms with van der Waals surface area (Å²) in [4.78, 5) is 40.1. The van der Waals surface area contributed by atoms with Crippen molar-refractivity contribution in [3.63, 3.8) is 0 Å². The van der Waals surface area contributed by atoms with Gasteiger partial charge < -0.3 is 14.5 Å². The average molecular weight is 434 g/mol. The van der Waals surface area contributed by atoms with E-state index in [-0.39, 0.29) is 29.1 Å². The molecule has 0 radical (unpaired) electrons. The van der Waals surface area contributed by atoms with Crippen molar-refractivity contribution in [3.05, 3.63) is 62.6 Å². The first-order valence-corrected chi connectivity index (χ1v) is 13.1. The second kappa shape index (κ2) is 8.40. The maximum absolute atomic E-state index is 14.4. The Labute approximate surface area is 172 Å². The number of methoxy groups -OCH3 is 1. The van der Waals surface area contributed by atoms with Crippen molar-refractivity contribution >= 4 is 25.2 Å². The molecule has 1 N–H and O–H groups in total. The normalized spacial score (nSPS) is 11.8. The predicted octanol–water partition coefficient (Wildman–Crippen LogP) is 2.72. The smallest absolute Gasteiger partial charge is 0.340 e. The van der Waals surface area contributed by atoms with Crippen LogP contribution in [0.2, 0.25) is 25.7 Å². The standard InChI is InChI=1S/C20H24FN3O5Si/c1-28-19(26)14-6-5-13(11-15(14)21)24-17-16(25)7-8-22-18(17)23(20(24)27)12-29-9-10-30(2,3)4/h5-8,11H,9-10,12H2,1-4H3,(H,22,25). The molecule has 2 aromatic heterocycles. The van der Waals surface area contributed by atoms with Gasteiger partial charge in [0.25, 0.3) is 0 Å². The number of H-pyrrole nitrogens is 1. The van der Waals surface area contributed by atoms with Gasteiger partial charge in [-0.3, -0.25) is 13.9 Å². The number of nitrogens with zero attached hydrogens (tertiary/aromatic N) is 2. The molecule has 3 rings (SSSR count). The van der Waals surface area contributed by atoms with Crippen LogP contribution in [-0.4, -0.2) is 41.9 Å². The molecule has 0 spiro atoms. The summed E-state index contributed by atoms with van der Waals surface area (Å²) < 4.78 is 27.1. The monoisotopic (exact) mass is 433 g/mol. The molecule has 30 heavy (non-hydrogen) atoms. The number of ether oxygens (including phenoxy) is 2. The highest BCUT2D eigenvalue weighted by Crippen LogP contribution is 2.18.